The smallest absolute Gasteiger partial charge is 0.115 e. The lowest BCUT2D eigenvalue weighted by molar-refractivity contribution is 0.118. The van der Waals surface area contributed by atoms with Crippen molar-refractivity contribution in [1.29, 1.82) is 0 Å². The number of hydrogen-bond donors (Lipinski definition) is 2. The number of hydrogen-bond acceptors (Lipinski definition) is 2. The van der Waals surface area contributed by atoms with Gasteiger partial charge < -0.3 is 10.4 Å². The molecule has 100 valence electrons. The molecule has 1 unspecified atom stereocenters. The highest BCUT2D eigenvalue weighted by atomic mass is 16.3. The van der Waals surface area contributed by atoms with E-state index in [1.54, 1.807) is 12.1 Å². The maximum absolute atomic E-state index is 9.34. The number of rotatable bonds is 6. The summed E-state index contributed by atoms with van der Waals surface area (Å²) in [6.45, 7) is 5.65. The van der Waals surface area contributed by atoms with E-state index in [9.17, 15) is 5.11 Å². The molecule has 1 aromatic carbocycles. The van der Waals surface area contributed by atoms with Crippen LogP contribution >= 0.6 is 0 Å². The topological polar surface area (TPSA) is 32.3 Å². The summed E-state index contributed by atoms with van der Waals surface area (Å²) < 4.78 is 0. The van der Waals surface area contributed by atoms with Crippen LogP contribution in [0.3, 0.4) is 0 Å². The van der Waals surface area contributed by atoms with E-state index in [1.165, 1.54) is 31.2 Å². The molecule has 1 aliphatic rings. The zero-order valence-corrected chi connectivity index (χ0v) is 11.6. The van der Waals surface area contributed by atoms with E-state index in [0.29, 0.717) is 17.2 Å². The molecule has 0 bridgehead atoms. The monoisotopic (exact) mass is 247 g/mol. The predicted molar refractivity (Wildman–Crippen MR) is 75.7 cm³/mol. The van der Waals surface area contributed by atoms with Crippen molar-refractivity contribution in [3.63, 3.8) is 0 Å². The fraction of sp³-hybridized carbons (Fsp3) is 0.625. The minimum absolute atomic E-state index is 0.345. The summed E-state index contributed by atoms with van der Waals surface area (Å²) >= 11 is 0. The van der Waals surface area contributed by atoms with Crippen LogP contribution in [0.4, 0.5) is 0 Å². The molecule has 1 atom stereocenters. The Hall–Kier alpha value is -1.02. The van der Waals surface area contributed by atoms with E-state index in [1.807, 2.05) is 12.1 Å². The summed E-state index contributed by atoms with van der Waals surface area (Å²) in [4.78, 5) is 0. The Kier molecular flexibility index (Phi) is 4.28. The van der Waals surface area contributed by atoms with Crippen molar-refractivity contribution in [2.75, 3.05) is 6.54 Å². The van der Waals surface area contributed by atoms with Gasteiger partial charge in [0.15, 0.2) is 0 Å². The van der Waals surface area contributed by atoms with Gasteiger partial charge in [-0.1, -0.05) is 32.4 Å². The number of nitrogens with one attached hydrogen (secondary N) is 1. The molecular weight excluding hydrogens is 222 g/mol. The minimum Gasteiger partial charge on any atom is -0.508 e. The van der Waals surface area contributed by atoms with Crippen LogP contribution in [-0.4, -0.2) is 11.7 Å². The largest absolute Gasteiger partial charge is 0.508 e. The summed E-state index contributed by atoms with van der Waals surface area (Å²) in [6, 6.07) is 8.01. The quantitative estimate of drug-likeness (QED) is 0.796. The fourth-order valence-electron chi connectivity index (χ4n) is 2.88. The van der Waals surface area contributed by atoms with Crippen molar-refractivity contribution in [1.82, 2.24) is 5.32 Å². The van der Waals surface area contributed by atoms with Crippen LogP contribution in [-0.2, 0) is 0 Å². The number of phenolic OH excluding ortho intramolecular Hbond substituents is 1. The van der Waals surface area contributed by atoms with Gasteiger partial charge in [0, 0.05) is 12.6 Å². The van der Waals surface area contributed by atoms with E-state index in [0.717, 1.165) is 13.0 Å². The van der Waals surface area contributed by atoms with E-state index in [4.69, 9.17) is 0 Å². The van der Waals surface area contributed by atoms with E-state index < -0.39 is 0 Å². The highest BCUT2D eigenvalue weighted by Gasteiger charge is 2.35. The zero-order valence-electron chi connectivity index (χ0n) is 11.6. The van der Waals surface area contributed by atoms with Crippen molar-refractivity contribution >= 4 is 0 Å². The molecule has 1 fully saturated rings. The molecule has 0 aromatic heterocycles. The van der Waals surface area contributed by atoms with Crippen LogP contribution in [0.5, 0.6) is 5.75 Å². The van der Waals surface area contributed by atoms with Crippen LogP contribution in [0.15, 0.2) is 24.3 Å². The first kappa shape index (κ1) is 13.4. The SMILES string of the molecule is CCC(NCC1(CC)CCC1)c1ccc(O)cc1. The first-order valence-electron chi connectivity index (χ1n) is 7.21. The molecule has 2 heteroatoms. The fourth-order valence-corrected chi connectivity index (χ4v) is 2.88. The van der Waals surface area contributed by atoms with Crippen LogP contribution in [0, 0.1) is 5.41 Å². The van der Waals surface area contributed by atoms with Crippen LogP contribution in [0.1, 0.15) is 57.6 Å². The molecule has 2 rings (SSSR count). The Labute approximate surface area is 110 Å². The van der Waals surface area contributed by atoms with Gasteiger partial charge in [-0.05, 0) is 48.8 Å². The first-order chi connectivity index (χ1) is 8.69. The third kappa shape index (κ3) is 2.86. The van der Waals surface area contributed by atoms with Gasteiger partial charge in [0.05, 0.1) is 0 Å². The van der Waals surface area contributed by atoms with Gasteiger partial charge in [-0.15, -0.1) is 0 Å². The van der Waals surface area contributed by atoms with Gasteiger partial charge >= 0.3 is 0 Å². The zero-order chi connectivity index (χ0) is 13.0. The molecule has 0 radical (unpaired) electrons. The van der Waals surface area contributed by atoms with E-state index in [-0.39, 0.29) is 0 Å². The molecule has 1 aromatic rings. The van der Waals surface area contributed by atoms with Gasteiger partial charge in [0.25, 0.3) is 0 Å². The Morgan fingerprint density at radius 3 is 2.33 bits per heavy atom. The summed E-state index contributed by atoms with van der Waals surface area (Å²) in [5.41, 5.74) is 1.84. The van der Waals surface area contributed by atoms with Gasteiger partial charge in [-0.25, -0.2) is 0 Å². The van der Waals surface area contributed by atoms with Crippen molar-refractivity contribution in [2.45, 2.75) is 52.0 Å². The summed E-state index contributed by atoms with van der Waals surface area (Å²) in [6.07, 6.45) is 6.52. The second-order valence-electron chi connectivity index (χ2n) is 5.64. The third-order valence-electron chi connectivity index (χ3n) is 4.59. The summed E-state index contributed by atoms with van der Waals surface area (Å²) in [7, 11) is 0. The molecule has 0 heterocycles. The molecule has 1 saturated carbocycles. The van der Waals surface area contributed by atoms with Gasteiger partial charge in [-0.3, -0.25) is 0 Å². The molecule has 18 heavy (non-hydrogen) atoms. The molecule has 0 saturated heterocycles. The van der Waals surface area contributed by atoms with Crippen molar-refractivity contribution in [3.8, 4) is 5.75 Å². The second-order valence-corrected chi connectivity index (χ2v) is 5.64. The second kappa shape index (κ2) is 5.75. The highest BCUT2D eigenvalue weighted by molar-refractivity contribution is 5.28. The Bertz CT molecular complexity index is 362. The Morgan fingerprint density at radius 2 is 1.89 bits per heavy atom. The Morgan fingerprint density at radius 1 is 1.22 bits per heavy atom. The lowest BCUT2D eigenvalue weighted by Gasteiger charge is -2.42. The predicted octanol–water partition coefficient (Wildman–Crippen LogP) is 4.01. The molecule has 0 spiro atoms. The Balaban J connectivity index is 1.95. The van der Waals surface area contributed by atoms with E-state index >= 15 is 0 Å². The molecule has 1 aliphatic carbocycles. The molecule has 2 N–H and O–H groups in total. The van der Waals surface area contributed by atoms with Gasteiger partial charge in [0.2, 0.25) is 0 Å². The molecule has 0 aliphatic heterocycles. The molecule has 0 amide bonds. The standard InChI is InChI=1S/C16H25NO/c1-3-15(13-6-8-14(18)9-7-13)17-12-16(4-2)10-5-11-16/h6-9,15,17-18H,3-5,10-12H2,1-2H3. The van der Waals surface area contributed by atoms with Crippen LogP contribution < -0.4 is 5.32 Å². The minimum atomic E-state index is 0.345. The lowest BCUT2D eigenvalue weighted by atomic mass is 9.67. The highest BCUT2D eigenvalue weighted by Crippen LogP contribution is 2.43. The summed E-state index contributed by atoms with van der Waals surface area (Å²) in [5.74, 6) is 0.345. The average molecular weight is 247 g/mol. The maximum Gasteiger partial charge on any atom is 0.115 e. The van der Waals surface area contributed by atoms with Crippen LogP contribution in [0.2, 0.25) is 0 Å². The number of aromatic hydroxyl groups is 1. The number of benzene rings is 1. The van der Waals surface area contributed by atoms with Crippen molar-refractivity contribution in [3.05, 3.63) is 29.8 Å². The van der Waals surface area contributed by atoms with Crippen molar-refractivity contribution < 1.29 is 5.11 Å². The van der Waals surface area contributed by atoms with Crippen molar-refractivity contribution in [2.24, 2.45) is 5.41 Å². The maximum atomic E-state index is 9.34. The third-order valence-corrected chi connectivity index (χ3v) is 4.59. The average Bonchev–Trinajstić information content (AvgIpc) is 2.35. The molecular formula is C16H25NO. The van der Waals surface area contributed by atoms with Gasteiger partial charge in [-0.2, -0.15) is 0 Å². The van der Waals surface area contributed by atoms with Crippen LogP contribution in [0.25, 0.3) is 0 Å². The first-order valence-corrected chi connectivity index (χ1v) is 7.21. The lowest BCUT2D eigenvalue weighted by Crippen LogP contribution is -2.40. The normalized spacial score (nSPS) is 19.2. The van der Waals surface area contributed by atoms with Gasteiger partial charge in [0.1, 0.15) is 5.75 Å². The summed E-state index contributed by atoms with van der Waals surface area (Å²) in [5, 5.41) is 13.1. The molecule has 2 nitrogen and oxygen atoms in total. The van der Waals surface area contributed by atoms with E-state index in [2.05, 4.69) is 19.2 Å². The number of phenols is 1.